The highest BCUT2D eigenvalue weighted by Crippen LogP contribution is 2.19. The molecular weight excluding hydrogens is 356 g/mol. The van der Waals surface area contributed by atoms with Crippen LogP contribution >= 0.6 is 0 Å². The third-order valence-electron chi connectivity index (χ3n) is 4.40. The van der Waals surface area contributed by atoms with E-state index in [9.17, 15) is 9.59 Å². The summed E-state index contributed by atoms with van der Waals surface area (Å²) in [6, 6.07) is 13.8. The van der Waals surface area contributed by atoms with Gasteiger partial charge in [-0.15, -0.1) is 6.58 Å². The molecule has 0 aromatic heterocycles. The number of carbonyl (C=O) groups excluding carboxylic acids is 2. The summed E-state index contributed by atoms with van der Waals surface area (Å²) in [6.07, 6.45) is 3.83. The molecule has 1 aliphatic heterocycles. The van der Waals surface area contributed by atoms with Gasteiger partial charge in [0.1, 0.15) is 12.4 Å². The summed E-state index contributed by atoms with van der Waals surface area (Å²) in [6.45, 7) is 5.24. The van der Waals surface area contributed by atoms with Crippen LogP contribution in [0.3, 0.4) is 0 Å². The van der Waals surface area contributed by atoms with Gasteiger partial charge >= 0.3 is 0 Å². The minimum absolute atomic E-state index is 0.145. The molecule has 0 radical (unpaired) electrons. The Morgan fingerprint density at radius 2 is 1.93 bits per heavy atom. The summed E-state index contributed by atoms with van der Waals surface area (Å²) in [5, 5.41) is 5.51. The van der Waals surface area contributed by atoms with Crippen molar-refractivity contribution in [2.24, 2.45) is 0 Å². The van der Waals surface area contributed by atoms with Crippen LogP contribution in [0.5, 0.6) is 5.75 Å². The van der Waals surface area contributed by atoms with Gasteiger partial charge in [-0.3, -0.25) is 9.59 Å². The number of benzene rings is 2. The van der Waals surface area contributed by atoms with E-state index in [0.717, 1.165) is 19.4 Å². The minimum Gasteiger partial charge on any atom is -0.491 e. The van der Waals surface area contributed by atoms with Crippen molar-refractivity contribution in [3.05, 3.63) is 72.3 Å². The molecule has 6 heteroatoms. The van der Waals surface area contributed by atoms with Crippen LogP contribution in [0.15, 0.2) is 61.2 Å². The van der Waals surface area contributed by atoms with E-state index < -0.39 is 0 Å². The Morgan fingerprint density at radius 1 is 1.14 bits per heavy atom. The summed E-state index contributed by atoms with van der Waals surface area (Å²) in [5.41, 5.74) is 1.33. The van der Waals surface area contributed by atoms with Crippen molar-refractivity contribution >= 4 is 17.5 Å². The van der Waals surface area contributed by atoms with Crippen LogP contribution in [0, 0.1) is 0 Å². The second-order valence-electron chi connectivity index (χ2n) is 6.47. The van der Waals surface area contributed by atoms with Gasteiger partial charge in [-0.25, -0.2) is 0 Å². The van der Waals surface area contributed by atoms with E-state index in [1.54, 1.807) is 54.6 Å². The predicted molar refractivity (Wildman–Crippen MR) is 108 cm³/mol. The summed E-state index contributed by atoms with van der Waals surface area (Å²) in [7, 11) is 0. The molecule has 0 saturated carbocycles. The van der Waals surface area contributed by atoms with Crippen LogP contribution in [-0.2, 0) is 4.74 Å². The Bertz CT molecular complexity index is 827. The number of hydrogen-bond donors (Lipinski definition) is 2. The number of ether oxygens (including phenoxy) is 2. The molecule has 1 unspecified atom stereocenters. The van der Waals surface area contributed by atoms with Crippen molar-refractivity contribution in [1.29, 1.82) is 0 Å². The van der Waals surface area contributed by atoms with E-state index in [0.29, 0.717) is 35.7 Å². The second kappa shape index (κ2) is 9.71. The Hall–Kier alpha value is -3.12. The van der Waals surface area contributed by atoms with Crippen LogP contribution in [0.4, 0.5) is 5.69 Å². The van der Waals surface area contributed by atoms with Crippen molar-refractivity contribution in [3.8, 4) is 5.75 Å². The molecule has 6 nitrogen and oxygen atoms in total. The van der Waals surface area contributed by atoms with Gasteiger partial charge in [0.05, 0.1) is 17.4 Å². The number of nitrogens with one attached hydrogen (secondary N) is 2. The molecule has 0 aliphatic carbocycles. The lowest BCUT2D eigenvalue weighted by molar-refractivity contribution is 0.0679. The number of carbonyl (C=O) groups is 2. The summed E-state index contributed by atoms with van der Waals surface area (Å²) in [5.74, 6) is 0.125. The standard InChI is InChI=1S/C22H24N2O4/c1-2-13-23-22(26)19-7-3-4-8-20(19)24-21(25)16-9-11-17(12-10-16)28-15-18-6-5-14-27-18/h2-4,7-12,18H,1,5-6,13-15H2,(H,23,26)(H,24,25). The smallest absolute Gasteiger partial charge is 0.255 e. The number of para-hydroxylation sites is 1. The van der Waals surface area contributed by atoms with E-state index >= 15 is 0 Å². The fraction of sp³-hybridized carbons (Fsp3) is 0.273. The molecule has 146 valence electrons. The summed E-state index contributed by atoms with van der Waals surface area (Å²) >= 11 is 0. The number of anilines is 1. The monoisotopic (exact) mass is 380 g/mol. The molecule has 2 aromatic carbocycles. The van der Waals surface area contributed by atoms with Crippen molar-refractivity contribution in [2.75, 3.05) is 25.1 Å². The van der Waals surface area contributed by atoms with Gasteiger partial charge in [-0.2, -0.15) is 0 Å². The maximum absolute atomic E-state index is 12.6. The highest BCUT2D eigenvalue weighted by Gasteiger charge is 2.16. The van der Waals surface area contributed by atoms with E-state index in [1.807, 2.05) is 0 Å². The molecule has 1 heterocycles. The first kappa shape index (κ1) is 19.6. The Labute approximate surface area is 164 Å². The maximum atomic E-state index is 12.6. The lowest BCUT2D eigenvalue weighted by atomic mass is 10.1. The first-order chi connectivity index (χ1) is 13.7. The lowest BCUT2D eigenvalue weighted by Gasteiger charge is -2.13. The third kappa shape index (κ3) is 5.20. The molecule has 1 aliphatic rings. The van der Waals surface area contributed by atoms with Crippen LogP contribution < -0.4 is 15.4 Å². The zero-order chi connectivity index (χ0) is 19.8. The maximum Gasteiger partial charge on any atom is 0.255 e. The minimum atomic E-state index is -0.297. The molecule has 1 saturated heterocycles. The molecule has 1 fully saturated rings. The molecule has 28 heavy (non-hydrogen) atoms. The molecule has 0 spiro atoms. The van der Waals surface area contributed by atoms with Gasteiger partial charge in [0, 0.05) is 18.7 Å². The van der Waals surface area contributed by atoms with Crippen molar-refractivity contribution in [1.82, 2.24) is 5.32 Å². The average Bonchev–Trinajstić information content (AvgIpc) is 3.25. The van der Waals surface area contributed by atoms with Crippen molar-refractivity contribution in [3.63, 3.8) is 0 Å². The first-order valence-corrected chi connectivity index (χ1v) is 9.31. The number of rotatable bonds is 8. The Balaban J connectivity index is 1.61. The topological polar surface area (TPSA) is 76.7 Å². The first-order valence-electron chi connectivity index (χ1n) is 9.31. The van der Waals surface area contributed by atoms with Crippen molar-refractivity contribution < 1.29 is 19.1 Å². The zero-order valence-corrected chi connectivity index (χ0v) is 15.6. The molecule has 3 rings (SSSR count). The van der Waals surface area contributed by atoms with Crippen LogP contribution in [0.2, 0.25) is 0 Å². The number of hydrogen-bond acceptors (Lipinski definition) is 4. The normalized spacial score (nSPS) is 15.6. The highest BCUT2D eigenvalue weighted by molar-refractivity contribution is 6.09. The Morgan fingerprint density at radius 3 is 2.64 bits per heavy atom. The van der Waals surface area contributed by atoms with E-state index in [-0.39, 0.29) is 17.9 Å². The van der Waals surface area contributed by atoms with Gasteiger partial charge in [0.2, 0.25) is 0 Å². The SMILES string of the molecule is C=CCNC(=O)c1ccccc1NC(=O)c1ccc(OCC2CCCO2)cc1. The zero-order valence-electron chi connectivity index (χ0n) is 15.6. The van der Waals surface area contributed by atoms with Crippen LogP contribution in [0.25, 0.3) is 0 Å². The third-order valence-corrected chi connectivity index (χ3v) is 4.40. The van der Waals surface area contributed by atoms with E-state index in [4.69, 9.17) is 9.47 Å². The predicted octanol–water partition coefficient (Wildman–Crippen LogP) is 3.41. The average molecular weight is 380 g/mol. The molecule has 0 bridgehead atoms. The quantitative estimate of drug-likeness (QED) is 0.688. The summed E-state index contributed by atoms with van der Waals surface area (Å²) in [4.78, 5) is 24.8. The van der Waals surface area contributed by atoms with E-state index in [2.05, 4.69) is 17.2 Å². The van der Waals surface area contributed by atoms with Gasteiger partial charge in [-0.05, 0) is 49.2 Å². The van der Waals surface area contributed by atoms with Gasteiger partial charge in [0.25, 0.3) is 11.8 Å². The van der Waals surface area contributed by atoms with Crippen LogP contribution in [0.1, 0.15) is 33.6 Å². The summed E-state index contributed by atoms with van der Waals surface area (Å²) < 4.78 is 11.2. The fourth-order valence-corrected chi connectivity index (χ4v) is 2.91. The fourth-order valence-electron chi connectivity index (χ4n) is 2.91. The second-order valence-corrected chi connectivity index (χ2v) is 6.47. The number of amides is 2. The van der Waals surface area contributed by atoms with Gasteiger partial charge in [-0.1, -0.05) is 18.2 Å². The van der Waals surface area contributed by atoms with Crippen LogP contribution in [-0.4, -0.2) is 37.7 Å². The highest BCUT2D eigenvalue weighted by atomic mass is 16.5. The lowest BCUT2D eigenvalue weighted by Crippen LogP contribution is -2.25. The molecule has 2 amide bonds. The molecule has 2 aromatic rings. The van der Waals surface area contributed by atoms with Crippen molar-refractivity contribution in [2.45, 2.75) is 18.9 Å². The molecular formula is C22H24N2O4. The largest absolute Gasteiger partial charge is 0.491 e. The molecule has 2 N–H and O–H groups in total. The van der Waals surface area contributed by atoms with E-state index in [1.165, 1.54) is 0 Å². The Kier molecular flexibility index (Phi) is 6.81. The molecule has 1 atom stereocenters. The van der Waals surface area contributed by atoms with Gasteiger partial charge in [0.15, 0.2) is 0 Å². The van der Waals surface area contributed by atoms with Gasteiger partial charge < -0.3 is 20.1 Å².